The van der Waals surface area contributed by atoms with Crippen molar-refractivity contribution in [2.24, 2.45) is 0 Å². The van der Waals surface area contributed by atoms with Crippen LogP contribution in [0.5, 0.6) is 0 Å². The van der Waals surface area contributed by atoms with E-state index in [0.717, 1.165) is 11.3 Å². The van der Waals surface area contributed by atoms with Crippen molar-refractivity contribution in [1.29, 1.82) is 0 Å². The molecule has 0 radical (unpaired) electrons. The van der Waals surface area contributed by atoms with Gasteiger partial charge in [0.05, 0.1) is 5.02 Å². The Kier molecular flexibility index (Phi) is 5.84. The van der Waals surface area contributed by atoms with Gasteiger partial charge in [-0.1, -0.05) is 50.6 Å². The van der Waals surface area contributed by atoms with E-state index >= 15 is 0 Å². The third-order valence-corrected chi connectivity index (χ3v) is 3.90. The molecular formula is C19H22ClFN2O. The van der Waals surface area contributed by atoms with E-state index in [2.05, 4.69) is 31.4 Å². The third kappa shape index (κ3) is 4.96. The molecule has 0 saturated carbocycles. The summed E-state index contributed by atoms with van der Waals surface area (Å²) < 4.78 is 13.1. The molecule has 0 atom stereocenters. The Morgan fingerprint density at radius 3 is 2.54 bits per heavy atom. The Morgan fingerprint density at radius 1 is 1.17 bits per heavy atom. The van der Waals surface area contributed by atoms with Crippen molar-refractivity contribution >= 4 is 28.9 Å². The molecule has 0 spiro atoms. The number of benzene rings is 2. The van der Waals surface area contributed by atoms with Gasteiger partial charge in [-0.25, -0.2) is 4.39 Å². The smallest absolute Gasteiger partial charge is 0.226 e. The van der Waals surface area contributed by atoms with Gasteiger partial charge in [0.2, 0.25) is 5.91 Å². The van der Waals surface area contributed by atoms with Gasteiger partial charge in [0, 0.05) is 24.3 Å². The van der Waals surface area contributed by atoms with Gasteiger partial charge >= 0.3 is 0 Å². The highest BCUT2D eigenvalue weighted by molar-refractivity contribution is 6.31. The summed E-state index contributed by atoms with van der Waals surface area (Å²) >= 11 is 5.73. The summed E-state index contributed by atoms with van der Waals surface area (Å²) in [4.78, 5) is 12.2. The molecule has 2 aromatic carbocycles. The highest BCUT2D eigenvalue weighted by atomic mass is 35.5. The van der Waals surface area contributed by atoms with E-state index in [1.807, 2.05) is 24.3 Å². The first-order valence-corrected chi connectivity index (χ1v) is 8.23. The standard InChI is InChI=1S/C19H22ClFN2O/c1-19(2,3)14-6-4-5-7-17(14)23-18(24)10-11-22-13-8-9-16(21)15(20)12-13/h4-9,12,22H,10-11H2,1-3H3,(H,23,24). The number of carbonyl (C=O) groups excluding carboxylic acids is 1. The van der Waals surface area contributed by atoms with Crippen LogP contribution < -0.4 is 10.6 Å². The Balaban J connectivity index is 1.91. The lowest BCUT2D eigenvalue weighted by molar-refractivity contribution is -0.115. The van der Waals surface area contributed by atoms with Crippen molar-refractivity contribution in [3.63, 3.8) is 0 Å². The zero-order valence-corrected chi connectivity index (χ0v) is 14.9. The minimum atomic E-state index is -0.459. The van der Waals surface area contributed by atoms with Crippen LogP contribution in [0.4, 0.5) is 15.8 Å². The van der Waals surface area contributed by atoms with Gasteiger partial charge in [-0.15, -0.1) is 0 Å². The molecule has 0 bridgehead atoms. The molecule has 0 unspecified atom stereocenters. The predicted molar refractivity (Wildman–Crippen MR) is 98.3 cm³/mol. The Labute approximate surface area is 147 Å². The van der Waals surface area contributed by atoms with Gasteiger partial charge in [-0.3, -0.25) is 4.79 Å². The number of para-hydroxylation sites is 1. The average Bonchev–Trinajstić information content (AvgIpc) is 2.50. The maximum Gasteiger partial charge on any atom is 0.226 e. The van der Waals surface area contributed by atoms with E-state index in [4.69, 9.17) is 11.6 Å². The van der Waals surface area contributed by atoms with Crippen LogP contribution in [0.15, 0.2) is 42.5 Å². The van der Waals surface area contributed by atoms with E-state index in [0.29, 0.717) is 18.7 Å². The Morgan fingerprint density at radius 2 is 1.88 bits per heavy atom. The van der Waals surface area contributed by atoms with Gasteiger partial charge in [0.25, 0.3) is 0 Å². The number of halogens is 2. The van der Waals surface area contributed by atoms with Crippen LogP contribution in [0.3, 0.4) is 0 Å². The fourth-order valence-electron chi connectivity index (χ4n) is 2.39. The van der Waals surface area contributed by atoms with Crippen molar-refractivity contribution in [3.8, 4) is 0 Å². The first-order valence-electron chi connectivity index (χ1n) is 7.85. The molecule has 0 aliphatic rings. The van der Waals surface area contributed by atoms with E-state index in [1.165, 1.54) is 12.1 Å². The maximum atomic E-state index is 13.1. The van der Waals surface area contributed by atoms with Crippen molar-refractivity contribution in [1.82, 2.24) is 0 Å². The van der Waals surface area contributed by atoms with Crippen molar-refractivity contribution in [2.45, 2.75) is 32.6 Å². The highest BCUT2D eigenvalue weighted by Crippen LogP contribution is 2.29. The number of hydrogen-bond acceptors (Lipinski definition) is 2. The molecule has 0 aliphatic heterocycles. The van der Waals surface area contributed by atoms with Crippen molar-refractivity contribution < 1.29 is 9.18 Å². The van der Waals surface area contributed by atoms with Crippen molar-refractivity contribution in [2.75, 3.05) is 17.2 Å². The molecule has 5 heteroatoms. The topological polar surface area (TPSA) is 41.1 Å². The van der Waals surface area contributed by atoms with Crippen LogP contribution in [-0.4, -0.2) is 12.5 Å². The first kappa shape index (κ1) is 18.3. The number of hydrogen-bond donors (Lipinski definition) is 2. The maximum absolute atomic E-state index is 13.1. The zero-order chi connectivity index (χ0) is 17.7. The average molecular weight is 349 g/mol. The predicted octanol–water partition coefficient (Wildman–Crippen LogP) is 5.22. The third-order valence-electron chi connectivity index (χ3n) is 3.61. The second-order valence-electron chi connectivity index (χ2n) is 6.65. The summed E-state index contributed by atoms with van der Waals surface area (Å²) in [7, 11) is 0. The molecule has 128 valence electrons. The van der Waals surface area contributed by atoms with Gasteiger partial charge in [-0.2, -0.15) is 0 Å². The van der Waals surface area contributed by atoms with Crippen LogP contribution in [0, 0.1) is 5.82 Å². The molecule has 3 nitrogen and oxygen atoms in total. The van der Waals surface area contributed by atoms with Gasteiger partial charge in [-0.05, 0) is 35.2 Å². The molecule has 24 heavy (non-hydrogen) atoms. The fraction of sp³-hybridized carbons (Fsp3) is 0.316. The van der Waals surface area contributed by atoms with Crippen molar-refractivity contribution in [3.05, 3.63) is 58.9 Å². The van der Waals surface area contributed by atoms with E-state index in [1.54, 1.807) is 6.07 Å². The van der Waals surface area contributed by atoms with Gasteiger partial charge < -0.3 is 10.6 Å². The van der Waals surface area contributed by atoms with Crippen LogP contribution >= 0.6 is 11.6 Å². The monoisotopic (exact) mass is 348 g/mol. The number of carbonyl (C=O) groups is 1. The Hall–Kier alpha value is -2.07. The number of nitrogens with one attached hydrogen (secondary N) is 2. The second kappa shape index (κ2) is 7.67. The van der Waals surface area contributed by atoms with Crippen LogP contribution in [0.1, 0.15) is 32.8 Å². The molecule has 0 aromatic heterocycles. The van der Waals surface area contributed by atoms with E-state index < -0.39 is 5.82 Å². The van der Waals surface area contributed by atoms with E-state index in [-0.39, 0.29) is 16.3 Å². The Bertz CT molecular complexity index is 726. The quantitative estimate of drug-likeness (QED) is 0.778. The minimum absolute atomic E-state index is 0.0486. The molecule has 0 fully saturated rings. The first-order chi connectivity index (χ1) is 11.3. The summed E-state index contributed by atoms with van der Waals surface area (Å²) in [6.45, 7) is 6.76. The summed E-state index contributed by atoms with van der Waals surface area (Å²) in [5, 5.41) is 6.08. The lowest BCUT2D eigenvalue weighted by Crippen LogP contribution is -2.20. The summed E-state index contributed by atoms with van der Waals surface area (Å²) in [6, 6.07) is 12.2. The summed E-state index contributed by atoms with van der Waals surface area (Å²) in [5.41, 5.74) is 2.56. The van der Waals surface area contributed by atoms with Gasteiger partial charge in [0.1, 0.15) is 5.82 Å². The number of amides is 1. The van der Waals surface area contributed by atoms with Crippen LogP contribution in [-0.2, 0) is 10.2 Å². The fourth-order valence-corrected chi connectivity index (χ4v) is 2.57. The zero-order valence-electron chi connectivity index (χ0n) is 14.1. The summed E-state index contributed by atoms with van der Waals surface area (Å²) in [6.07, 6.45) is 0.299. The number of rotatable bonds is 5. The van der Waals surface area contributed by atoms with Crippen LogP contribution in [0.25, 0.3) is 0 Å². The molecule has 2 rings (SSSR count). The summed E-state index contributed by atoms with van der Waals surface area (Å²) in [5.74, 6) is -0.536. The molecule has 2 aromatic rings. The number of anilines is 2. The lowest BCUT2D eigenvalue weighted by Gasteiger charge is -2.23. The normalized spacial score (nSPS) is 11.2. The molecule has 1 amide bonds. The highest BCUT2D eigenvalue weighted by Gasteiger charge is 2.18. The minimum Gasteiger partial charge on any atom is -0.384 e. The SMILES string of the molecule is CC(C)(C)c1ccccc1NC(=O)CCNc1ccc(F)c(Cl)c1. The molecule has 0 heterocycles. The second-order valence-corrected chi connectivity index (χ2v) is 7.06. The largest absolute Gasteiger partial charge is 0.384 e. The van der Waals surface area contributed by atoms with Crippen LogP contribution in [0.2, 0.25) is 5.02 Å². The molecular weight excluding hydrogens is 327 g/mol. The molecule has 0 saturated heterocycles. The molecule has 0 aliphatic carbocycles. The lowest BCUT2D eigenvalue weighted by atomic mass is 9.86. The van der Waals surface area contributed by atoms with E-state index in [9.17, 15) is 9.18 Å². The van der Waals surface area contributed by atoms with Gasteiger partial charge in [0.15, 0.2) is 0 Å². The molecule has 2 N–H and O–H groups in total.